The van der Waals surface area contributed by atoms with Crippen LogP contribution in [0.2, 0.25) is 0 Å². The third-order valence-electron chi connectivity index (χ3n) is 4.32. The molecule has 1 atom stereocenters. The van der Waals surface area contributed by atoms with Crippen LogP contribution in [-0.4, -0.2) is 36.0 Å². The zero-order valence-electron chi connectivity index (χ0n) is 11.1. The minimum atomic E-state index is -0.475. The molecule has 1 aliphatic carbocycles. The quantitative estimate of drug-likeness (QED) is 0.745. The van der Waals surface area contributed by atoms with E-state index in [2.05, 4.69) is 12.2 Å². The minimum Gasteiger partial charge on any atom is -0.389 e. The Hall–Kier alpha value is -0.120. The fourth-order valence-electron chi connectivity index (χ4n) is 3.01. The molecular formula is C14H27NO2. The summed E-state index contributed by atoms with van der Waals surface area (Å²) < 4.78 is 5.54. The number of rotatable bonds is 3. The molecule has 1 saturated heterocycles. The minimum absolute atomic E-state index is 0.0697. The molecule has 0 radical (unpaired) electrons. The molecule has 100 valence electrons. The van der Waals surface area contributed by atoms with Crippen molar-refractivity contribution in [2.24, 2.45) is 0 Å². The molecule has 0 aromatic carbocycles. The van der Waals surface area contributed by atoms with Gasteiger partial charge in [-0.15, -0.1) is 0 Å². The molecule has 3 heteroatoms. The maximum absolute atomic E-state index is 10.6. The van der Waals surface area contributed by atoms with Crippen LogP contribution in [0, 0.1) is 0 Å². The average Bonchev–Trinajstić information content (AvgIpc) is 2.54. The maximum Gasteiger partial charge on any atom is 0.0771 e. The van der Waals surface area contributed by atoms with Crippen molar-refractivity contribution >= 4 is 0 Å². The van der Waals surface area contributed by atoms with E-state index in [1.807, 2.05) is 0 Å². The Labute approximate surface area is 105 Å². The SMILES string of the molecule is CC1(NCC2(O)CCCCCC2)CCCOC1. The van der Waals surface area contributed by atoms with Crippen LogP contribution in [0.4, 0.5) is 0 Å². The Morgan fingerprint density at radius 3 is 2.35 bits per heavy atom. The molecule has 3 nitrogen and oxygen atoms in total. The molecule has 1 saturated carbocycles. The highest BCUT2D eigenvalue weighted by Gasteiger charge is 2.33. The summed E-state index contributed by atoms with van der Waals surface area (Å²) in [6.07, 6.45) is 9.10. The molecule has 0 bridgehead atoms. The monoisotopic (exact) mass is 241 g/mol. The van der Waals surface area contributed by atoms with Crippen molar-refractivity contribution in [3.05, 3.63) is 0 Å². The van der Waals surface area contributed by atoms with Crippen LogP contribution in [0.3, 0.4) is 0 Å². The van der Waals surface area contributed by atoms with Crippen molar-refractivity contribution < 1.29 is 9.84 Å². The van der Waals surface area contributed by atoms with Crippen LogP contribution in [0.1, 0.15) is 58.3 Å². The normalized spacial score (nSPS) is 34.2. The van der Waals surface area contributed by atoms with Gasteiger partial charge in [-0.05, 0) is 32.6 Å². The van der Waals surface area contributed by atoms with Gasteiger partial charge in [0.1, 0.15) is 0 Å². The standard InChI is InChI=1S/C14H27NO2/c1-13(7-6-10-17-12-13)15-11-14(16)8-4-2-3-5-9-14/h15-16H,2-12H2,1H3. The third-order valence-corrected chi connectivity index (χ3v) is 4.32. The highest BCUT2D eigenvalue weighted by molar-refractivity contribution is 4.91. The Balaban J connectivity index is 1.82. The Bertz CT molecular complexity index is 228. The van der Waals surface area contributed by atoms with Crippen molar-refractivity contribution in [3.63, 3.8) is 0 Å². The molecule has 2 N–H and O–H groups in total. The lowest BCUT2D eigenvalue weighted by Crippen LogP contribution is -2.54. The largest absolute Gasteiger partial charge is 0.389 e. The van der Waals surface area contributed by atoms with Gasteiger partial charge in [0.25, 0.3) is 0 Å². The van der Waals surface area contributed by atoms with Gasteiger partial charge in [0.15, 0.2) is 0 Å². The van der Waals surface area contributed by atoms with Gasteiger partial charge in [-0.1, -0.05) is 25.7 Å². The summed E-state index contributed by atoms with van der Waals surface area (Å²) in [4.78, 5) is 0. The van der Waals surface area contributed by atoms with Crippen molar-refractivity contribution in [1.82, 2.24) is 5.32 Å². The Morgan fingerprint density at radius 1 is 1.06 bits per heavy atom. The van der Waals surface area contributed by atoms with E-state index < -0.39 is 5.60 Å². The van der Waals surface area contributed by atoms with Crippen molar-refractivity contribution in [1.29, 1.82) is 0 Å². The average molecular weight is 241 g/mol. The summed E-state index contributed by atoms with van der Waals surface area (Å²) in [5, 5.41) is 14.2. The Kier molecular flexibility index (Phi) is 4.45. The number of β-amino-alcohol motifs (C(OH)–C–C–N with tert-alkyl or cyclic N) is 1. The van der Waals surface area contributed by atoms with E-state index in [0.717, 1.165) is 45.4 Å². The van der Waals surface area contributed by atoms with E-state index in [1.165, 1.54) is 25.7 Å². The third kappa shape index (κ3) is 3.94. The van der Waals surface area contributed by atoms with Crippen molar-refractivity contribution in [2.45, 2.75) is 69.4 Å². The first-order valence-electron chi connectivity index (χ1n) is 7.17. The second-order valence-electron chi connectivity index (χ2n) is 6.21. The predicted octanol–water partition coefficient (Wildman–Crippen LogP) is 2.23. The summed E-state index contributed by atoms with van der Waals surface area (Å²) in [5.41, 5.74) is -0.406. The molecule has 2 aliphatic rings. The first-order chi connectivity index (χ1) is 8.12. The number of aliphatic hydroxyl groups is 1. The van der Waals surface area contributed by atoms with Crippen LogP contribution in [-0.2, 0) is 4.74 Å². The number of nitrogens with one attached hydrogen (secondary N) is 1. The number of hydrogen-bond donors (Lipinski definition) is 2. The van der Waals surface area contributed by atoms with Crippen molar-refractivity contribution in [3.8, 4) is 0 Å². The van der Waals surface area contributed by atoms with E-state index >= 15 is 0 Å². The molecule has 0 amide bonds. The van der Waals surface area contributed by atoms with Gasteiger partial charge in [-0.3, -0.25) is 0 Å². The van der Waals surface area contributed by atoms with E-state index in [4.69, 9.17) is 4.74 Å². The molecule has 2 rings (SSSR count). The van der Waals surface area contributed by atoms with Gasteiger partial charge in [0.2, 0.25) is 0 Å². The molecule has 0 spiro atoms. The van der Waals surface area contributed by atoms with Crippen LogP contribution >= 0.6 is 0 Å². The lowest BCUT2D eigenvalue weighted by molar-refractivity contribution is -0.00929. The van der Waals surface area contributed by atoms with Gasteiger partial charge in [0, 0.05) is 18.7 Å². The highest BCUT2D eigenvalue weighted by Crippen LogP contribution is 2.27. The summed E-state index contributed by atoms with van der Waals surface area (Å²) in [6.45, 7) is 4.61. The highest BCUT2D eigenvalue weighted by atomic mass is 16.5. The van der Waals surface area contributed by atoms with Crippen LogP contribution < -0.4 is 5.32 Å². The molecule has 1 aliphatic heterocycles. The predicted molar refractivity (Wildman–Crippen MR) is 69.1 cm³/mol. The molecule has 2 fully saturated rings. The summed E-state index contributed by atoms with van der Waals surface area (Å²) in [5.74, 6) is 0. The molecule has 17 heavy (non-hydrogen) atoms. The molecule has 0 aromatic rings. The van der Waals surface area contributed by atoms with E-state index in [-0.39, 0.29) is 5.54 Å². The van der Waals surface area contributed by atoms with Gasteiger partial charge in [-0.2, -0.15) is 0 Å². The Morgan fingerprint density at radius 2 is 1.76 bits per heavy atom. The van der Waals surface area contributed by atoms with Crippen LogP contribution in [0.15, 0.2) is 0 Å². The zero-order valence-corrected chi connectivity index (χ0v) is 11.1. The summed E-state index contributed by atoms with van der Waals surface area (Å²) >= 11 is 0. The number of hydrogen-bond acceptors (Lipinski definition) is 3. The van der Waals surface area contributed by atoms with Gasteiger partial charge < -0.3 is 15.2 Å². The smallest absolute Gasteiger partial charge is 0.0771 e. The first kappa shape index (κ1) is 13.3. The second kappa shape index (κ2) is 5.68. The van der Waals surface area contributed by atoms with Gasteiger partial charge in [0.05, 0.1) is 12.2 Å². The topological polar surface area (TPSA) is 41.5 Å². The van der Waals surface area contributed by atoms with Gasteiger partial charge >= 0.3 is 0 Å². The summed E-state index contributed by atoms with van der Waals surface area (Å²) in [6, 6.07) is 0. The summed E-state index contributed by atoms with van der Waals surface area (Å²) in [7, 11) is 0. The van der Waals surface area contributed by atoms with E-state index in [9.17, 15) is 5.11 Å². The second-order valence-corrected chi connectivity index (χ2v) is 6.21. The van der Waals surface area contributed by atoms with Crippen molar-refractivity contribution in [2.75, 3.05) is 19.8 Å². The fourth-order valence-corrected chi connectivity index (χ4v) is 3.01. The molecular weight excluding hydrogens is 214 g/mol. The van der Waals surface area contributed by atoms with Crippen LogP contribution in [0.5, 0.6) is 0 Å². The lowest BCUT2D eigenvalue weighted by Gasteiger charge is -2.38. The molecule has 1 heterocycles. The van der Waals surface area contributed by atoms with Gasteiger partial charge in [-0.25, -0.2) is 0 Å². The molecule has 1 unspecified atom stereocenters. The first-order valence-corrected chi connectivity index (χ1v) is 7.17. The maximum atomic E-state index is 10.6. The number of ether oxygens (including phenoxy) is 1. The van der Waals surface area contributed by atoms with E-state index in [1.54, 1.807) is 0 Å². The zero-order chi connectivity index (χ0) is 12.2. The molecule has 0 aromatic heterocycles. The fraction of sp³-hybridized carbons (Fsp3) is 1.00. The lowest BCUT2D eigenvalue weighted by atomic mass is 9.90. The van der Waals surface area contributed by atoms with Crippen LogP contribution in [0.25, 0.3) is 0 Å². The van der Waals surface area contributed by atoms with E-state index in [0.29, 0.717) is 0 Å².